The number of hydrogen-bond donors (Lipinski definition) is 2. The maximum absolute atomic E-state index is 12.0. The van der Waals surface area contributed by atoms with Crippen molar-refractivity contribution in [2.24, 2.45) is 5.73 Å². The Morgan fingerprint density at radius 3 is 3.05 bits per heavy atom. The predicted molar refractivity (Wildman–Crippen MR) is 78.6 cm³/mol. The number of anilines is 1. The average Bonchev–Trinajstić information content (AvgIpc) is 2.87. The number of benzene rings is 1. The highest BCUT2D eigenvalue weighted by atomic mass is 35.5. The van der Waals surface area contributed by atoms with E-state index in [1.54, 1.807) is 12.1 Å². The third kappa shape index (κ3) is 3.20. The van der Waals surface area contributed by atoms with Crippen LogP contribution in [0.2, 0.25) is 5.02 Å². The number of carbonyl (C=O) groups excluding carboxylic acids is 1. The molecule has 1 aromatic carbocycles. The fourth-order valence-electron chi connectivity index (χ4n) is 1.72. The van der Waals surface area contributed by atoms with Crippen molar-refractivity contribution in [3.8, 4) is 0 Å². The fraction of sp³-hybridized carbons (Fsp3) is 0.417. The molecular weight excluding hydrogens is 284 g/mol. The molecule has 0 bridgehead atoms. The van der Waals surface area contributed by atoms with E-state index < -0.39 is 6.04 Å². The van der Waals surface area contributed by atoms with E-state index in [1.807, 2.05) is 0 Å². The van der Waals surface area contributed by atoms with Crippen molar-refractivity contribution < 1.29 is 4.79 Å². The number of unbranched alkanes of at least 4 members (excludes halogenated alkanes) is 1. The maximum Gasteiger partial charge on any atom is 0.241 e. The first-order valence-electron chi connectivity index (χ1n) is 6.10. The second kappa shape index (κ2) is 6.27. The molecule has 19 heavy (non-hydrogen) atoms. The fourth-order valence-corrected chi connectivity index (χ4v) is 2.46. The van der Waals surface area contributed by atoms with Crippen molar-refractivity contribution in [2.75, 3.05) is 5.32 Å². The van der Waals surface area contributed by atoms with Gasteiger partial charge in [-0.2, -0.15) is 8.75 Å². The van der Waals surface area contributed by atoms with Crippen LogP contribution in [0.1, 0.15) is 26.2 Å². The molecule has 1 atom stereocenters. The SMILES string of the molecule is CCCCC(N)C(=O)Nc1c(Cl)ccc2nsnc12. The van der Waals surface area contributed by atoms with E-state index in [9.17, 15) is 4.79 Å². The van der Waals surface area contributed by atoms with Crippen LogP contribution in [-0.4, -0.2) is 20.7 Å². The third-order valence-corrected chi connectivity index (χ3v) is 3.69. The lowest BCUT2D eigenvalue weighted by molar-refractivity contribution is -0.117. The number of amides is 1. The van der Waals surface area contributed by atoms with E-state index in [-0.39, 0.29) is 5.91 Å². The van der Waals surface area contributed by atoms with E-state index in [1.165, 1.54) is 0 Å². The lowest BCUT2D eigenvalue weighted by atomic mass is 10.1. The maximum atomic E-state index is 12.0. The molecule has 102 valence electrons. The molecular formula is C12H15ClN4OS. The summed E-state index contributed by atoms with van der Waals surface area (Å²) in [6.45, 7) is 2.06. The second-order valence-corrected chi connectivity index (χ2v) is 5.23. The van der Waals surface area contributed by atoms with Gasteiger partial charge in [-0.25, -0.2) is 0 Å². The minimum atomic E-state index is -0.530. The van der Waals surface area contributed by atoms with Gasteiger partial charge in [0.25, 0.3) is 0 Å². The van der Waals surface area contributed by atoms with Crippen molar-refractivity contribution in [3.05, 3.63) is 17.2 Å². The van der Waals surface area contributed by atoms with Gasteiger partial charge in [0.2, 0.25) is 5.91 Å². The minimum Gasteiger partial charge on any atom is -0.322 e. The Bertz CT molecular complexity index is 586. The molecule has 0 aliphatic heterocycles. The molecule has 3 N–H and O–H groups in total. The molecule has 0 spiro atoms. The van der Waals surface area contributed by atoms with E-state index >= 15 is 0 Å². The smallest absolute Gasteiger partial charge is 0.241 e. The Labute approximate surface area is 120 Å². The number of carbonyl (C=O) groups is 1. The number of hydrogen-bond acceptors (Lipinski definition) is 5. The lowest BCUT2D eigenvalue weighted by Crippen LogP contribution is -2.35. The van der Waals surface area contributed by atoms with Crippen LogP contribution in [0.25, 0.3) is 11.0 Å². The van der Waals surface area contributed by atoms with Gasteiger partial charge < -0.3 is 11.1 Å². The Kier molecular flexibility index (Phi) is 4.68. The molecule has 0 radical (unpaired) electrons. The van der Waals surface area contributed by atoms with E-state index in [0.717, 1.165) is 24.6 Å². The molecule has 1 unspecified atom stereocenters. The Balaban J connectivity index is 2.18. The van der Waals surface area contributed by atoms with Gasteiger partial charge in [-0.3, -0.25) is 4.79 Å². The summed E-state index contributed by atoms with van der Waals surface area (Å²) in [5.74, 6) is -0.240. The molecule has 1 amide bonds. The number of aromatic nitrogens is 2. The van der Waals surface area contributed by atoms with E-state index in [2.05, 4.69) is 21.0 Å². The topological polar surface area (TPSA) is 80.9 Å². The molecule has 1 aromatic heterocycles. The summed E-state index contributed by atoms with van der Waals surface area (Å²) in [6, 6.07) is 2.93. The van der Waals surface area contributed by atoms with Crippen LogP contribution in [0.3, 0.4) is 0 Å². The zero-order chi connectivity index (χ0) is 13.8. The van der Waals surface area contributed by atoms with Gasteiger partial charge in [0.05, 0.1) is 28.5 Å². The summed E-state index contributed by atoms with van der Waals surface area (Å²) < 4.78 is 8.26. The van der Waals surface area contributed by atoms with Crippen LogP contribution in [-0.2, 0) is 4.79 Å². The van der Waals surface area contributed by atoms with Gasteiger partial charge in [-0.05, 0) is 18.6 Å². The number of rotatable bonds is 5. The third-order valence-electron chi connectivity index (χ3n) is 2.83. The first-order valence-corrected chi connectivity index (χ1v) is 7.21. The first kappa shape index (κ1) is 14.2. The highest BCUT2D eigenvalue weighted by Gasteiger charge is 2.17. The number of halogens is 1. The van der Waals surface area contributed by atoms with E-state index in [4.69, 9.17) is 17.3 Å². The normalized spacial score (nSPS) is 12.6. The summed E-state index contributed by atoms with van der Waals surface area (Å²) in [5, 5.41) is 3.20. The van der Waals surface area contributed by atoms with Crippen molar-refractivity contribution in [2.45, 2.75) is 32.2 Å². The monoisotopic (exact) mass is 298 g/mol. The highest BCUT2D eigenvalue weighted by Crippen LogP contribution is 2.30. The molecule has 0 saturated carbocycles. The lowest BCUT2D eigenvalue weighted by Gasteiger charge is -2.12. The predicted octanol–water partition coefficient (Wildman–Crippen LogP) is 2.80. The minimum absolute atomic E-state index is 0.240. The highest BCUT2D eigenvalue weighted by molar-refractivity contribution is 7.00. The Morgan fingerprint density at radius 2 is 2.32 bits per heavy atom. The van der Waals surface area contributed by atoms with Gasteiger partial charge in [0.1, 0.15) is 11.0 Å². The van der Waals surface area contributed by atoms with Crippen molar-refractivity contribution in [3.63, 3.8) is 0 Å². The molecule has 0 fully saturated rings. The zero-order valence-corrected chi connectivity index (χ0v) is 12.1. The van der Waals surface area contributed by atoms with Crippen molar-refractivity contribution >= 4 is 46.0 Å². The average molecular weight is 299 g/mol. The molecule has 0 aliphatic carbocycles. The number of nitrogens with zero attached hydrogens (tertiary/aromatic N) is 2. The number of nitrogens with one attached hydrogen (secondary N) is 1. The van der Waals surface area contributed by atoms with Crippen LogP contribution >= 0.6 is 23.3 Å². The first-order chi connectivity index (χ1) is 9.13. The molecule has 5 nitrogen and oxygen atoms in total. The van der Waals surface area contributed by atoms with Gasteiger partial charge in [-0.15, -0.1) is 0 Å². The van der Waals surface area contributed by atoms with Crippen LogP contribution in [0.5, 0.6) is 0 Å². The van der Waals surface area contributed by atoms with Crippen LogP contribution in [0, 0.1) is 0 Å². The molecule has 0 saturated heterocycles. The molecule has 2 rings (SSSR count). The number of fused-ring (bicyclic) bond motifs is 1. The van der Waals surface area contributed by atoms with Gasteiger partial charge in [-0.1, -0.05) is 31.4 Å². The molecule has 0 aliphatic rings. The quantitative estimate of drug-likeness (QED) is 0.889. The Morgan fingerprint density at radius 1 is 1.53 bits per heavy atom. The largest absolute Gasteiger partial charge is 0.322 e. The van der Waals surface area contributed by atoms with Crippen LogP contribution in [0.4, 0.5) is 5.69 Å². The second-order valence-electron chi connectivity index (χ2n) is 4.29. The summed E-state index contributed by atoms with van der Waals surface area (Å²) in [4.78, 5) is 12.0. The summed E-state index contributed by atoms with van der Waals surface area (Å²) in [5.41, 5.74) is 7.64. The van der Waals surface area contributed by atoms with Crippen molar-refractivity contribution in [1.82, 2.24) is 8.75 Å². The van der Waals surface area contributed by atoms with Crippen LogP contribution < -0.4 is 11.1 Å². The summed E-state index contributed by atoms with van der Waals surface area (Å²) in [6.07, 6.45) is 2.59. The molecule has 2 aromatic rings. The Hall–Kier alpha value is -1.24. The zero-order valence-electron chi connectivity index (χ0n) is 10.5. The van der Waals surface area contributed by atoms with Gasteiger partial charge >= 0.3 is 0 Å². The summed E-state index contributed by atoms with van der Waals surface area (Å²) >= 11 is 7.18. The van der Waals surface area contributed by atoms with E-state index in [0.29, 0.717) is 28.2 Å². The summed E-state index contributed by atoms with van der Waals surface area (Å²) in [7, 11) is 0. The molecule has 1 heterocycles. The number of nitrogens with two attached hydrogens (primary N) is 1. The van der Waals surface area contributed by atoms with Gasteiger partial charge in [0, 0.05) is 0 Å². The van der Waals surface area contributed by atoms with Crippen molar-refractivity contribution in [1.29, 1.82) is 0 Å². The van der Waals surface area contributed by atoms with Gasteiger partial charge in [0.15, 0.2) is 0 Å². The standard InChI is InChI=1S/C12H15ClN4OS/c1-2-3-4-8(14)12(18)15-10-7(13)5-6-9-11(10)17-19-16-9/h5-6,8H,2-4,14H2,1H3,(H,15,18). The molecule has 7 heteroatoms. The van der Waals surface area contributed by atoms with Crippen LogP contribution in [0.15, 0.2) is 12.1 Å².